The molecule has 2 saturated carbocycles. The van der Waals surface area contributed by atoms with E-state index in [4.69, 9.17) is 0 Å². The van der Waals surface area contributed by atoms with E-state index < -0.39 is 0 Å². The van der Waals surface area contributed by atoms with Crippen LogP contribution in [0.1, 0.15) is 62.4 Å². The Hall–Kier alpha value is -1.64. The third kappa shape index (κ3) is 4.08. The molecule has 5 nitrogen and oxygen atoms in total. The van der Waals surface area contributed by atoms with E-state index in [1.54, 1.807) is 34.4 Å². The first kappa shape index (κ1) is 21.9. The van der Waals surface area contributed by atoms with Crippen LogP contribution in [0.3, 0.4) is 0 Å². The molecule has 0 aromatic carbocycles. The molecule has 0 spiro atoms. The first-order valence-corrected chi connectivity index (χ1v) is 14.9. The van der Waals surface area contributed by atoms with Crippen LogP contribution in [0.15, 0.2) is 40.2 Å². The summed E-state index contributed by atoms with van der Waals surface area (Å²) in [6.45, 7) is 3.21. The molecule has 5 atom stereocenters. The van der Waals surface area contributed by atoms with Crippen LogP contribution in [0.4, 0.5) is 0 Å². The third-order valence-corrected chi connectivity index (χ3v) is 10.8. The molecule has 3 aromatic rings. The van der Waals surface area contributed by atoms with Crippen molar-refractivity contribution in [1.82, 2.24) is 19.7 Å². The predicted octanol–water partition coefficient (Wildman–Crippen LogP) is 6.52. The van der Waals surface area contributed by atoms with Gasteiger partial charge in [0, 0.05) is 17.5 Å². The molecule has 33 heavy (non-hydrogen) atoms. The van der Waals surface area contributed by atoms with Crippen LogP contribution < -0.4 is 0 Å². The number of fused-ring (bicyclic) bond motifs is 2. The van der Waals surface area contributed by atoms with Gasteiger partial charge in [-0.15, -0.1) is 32.9 Å². The molecule has 3 aliphatic rings. The Morgan fingerprint density at radius 1 is 1.15 bits per heavy atom. The summed E-state index contributed by atoms with van der Waals surface area (Å²) in [5, 5.41) is 14.3. The molecule has 6 rings (SSSR count). The van der Waals surface area contributed by atoms with E-state index in [0.717, 1.165) is 47.1 Å². The van der Waals surface area contributed by atoms with E-state index in [2.05, 4.69) is 61.6 Å². The van der Waals surface area contributed by atoms with Crippen molar-refractivity contribution in [2.45, 2.75) is 62.7 Å². The molecule has 1 amide bonds. The highest BCUT2D eigenvalue weighted by Crippen LogP contribution is 2.53. The molecule has 1 aliphatic heterocycles. The highest BCUT2D eigenvalue weighted by atomic mass is 32.2. The zero-order chi connectivity index (χ0) is 22.4. The lowest BCUT2D eigenvalue weighted by molar-refractivity contribution is -0.129. The number of hydrogen-bond acceptors (Lipinski definition) is 6. The highest BCUT2D eigenvalue weighted by Gasteiger charge is 2.43. The average Bonchev–Trinajstić information content (AvgIpc) is 3.65. The summed E-state index contributed by atoms with van der Waals surface area (Å²) in [5.74, 6) is 4.04. The molecule has 3 fully saturated rings. The molecular formula is C25H30N4OS3. The van der Waals surface area contributed by atoms with Crippen molar-refractivity contribution in [1.29, 1.82) is 0 Å². The molecule has 4 heterocycles. The van der Waals surface area contributed by atoms with Crippen molar-refractivity contribution in [3.05, 3.63) is 39.9 Å². The van der Waals surface area contributed by atoms with E-state index in [-0.39, 0.29) is 11.9 Å². The van der Waals surface area contributed by atoms with E-state index in [9.17, 15) is 4.79 Å². The van der Waals surface area contributed by atoms with E-state index in [1.165, 1.54) is 30.6 Å². The van der Waals surface area contributed by atoms with Gasteiger partial charge in [-0.25, -0.2) is 0 Å². The molecule has 2 bridgehead atoms. The standard InChI is InChI=1S/C25H30N4OS3/c1-16(19-14-17-8-9-18(19)13-17)29-24(22-7-4-12-32-22)26-27-25(29)33-15-23(30)28-10-2-5-20(28)21-6-3-11-31-21/h3-4,6-7,11-12,16-20H,2,5,8-10,13-15H2,1H3. The minimum atomic E-state index is 0.218. The van der Waals surface area contributed by atoms with Crippen LogP contribution in [0.5, 0.6) is 0 Å². The number of carbonyl (C=O) groups excluding carboxylic acids is 1. The topological polar surface area (TPSA) is 51.0 Å². The van der Waals surface area contributed by atoms with Gasteiger partial charge in [-0.05, 0) is 79.7 Å². The van der Waals surface area contributed by atoms with Crippen LogP contribution in [0.25, 0.3) is 10.7 Å². The fraction of sp³-hybridized carbons (Fsp3) is 0.560. The summed E-state index contributed by atoms with van der Waals surface area (Å²) in [4.78, 5) is 17.8. The van der Waals surface area contributed by atoms with Gasteiger partial charge in [0.25, 0.3) is 0 Å². The lowest BCUT2D eigenvalue weighted by Crippen LogP contribution is -2.31. The molecule has 2 aliphatic carbocycles. The van der Waals surface area contributed by atoms with Crippen molar-refractivity contribution < 1.29 is 4.79 Å². The number of likely N-dealkylation sites (tertiary alicyclic amines) is 1. The van der Waals surface area contributed by atoms with Crippen molar-refractivity contribution in [2.24, 2.45) is 17.8 Å². The molecule has 174 valence electrons. The van der Waals surface area contributed by atoms with Gasteiger partial charge in [0.05, 0.1) is 16.7 Å². The molecular weight excluding hydrogens is 469 g/mol. The number of hydrogen-bond donors (Lipinski definition) is 0. The smallest absolute Gasteiger partial charge is 0.233 e. The van der Waals surface area contributed by atoms with Gasteiger partial charge in [-0.2, -0.15) is 0 Å². The van der Waals surface area contributed by atoms with Crippen LogP contribution >= 0.6 is 34.4 Å². The first-order chi connectivity index (χ1) is 16.2. The monoisotopic (exact) mass is 498 g/mol. The maximum absolute atomic E-state index is 13.3. The molecule has 0 radical (unpaired) electrons. The summed E-state index contributed by atoms with van der Waals surface area (Å²) in [7, 11) is 0. The molecule has 8 heteroatoms. The van der Waals surface area contributed by atoms with Crippen molar-refractivity contribution in [3.8, 4) is 10.7 Å². The van der Waals surface area contributed by atoms with Crippen LogP contribution in [0.2, 0.25) is 0 Å². The van der Waals surface area contributed by atoms with Gasteiger partial charge in [0.1, 0.15) is 0 Å². The molecule has 0 N–H and O–H groups in total. The maximum atomic E-state index is 13.3. The maximum Gasteiger partial charge on any atom is 0.233 e. The van der Waals surface area contributed by atoms with Crippen LogP contribution in [-0.2, 0) is 4.79 Å². The summed E-state index contributed by atoms with van der Waals surface area (Å²) in [6.07, 6.45) is 7.65. The van der Waals surface area contributed by atoms with Crippen LogP contribution in [0, 0.1) is 17.8 Å². The summed E-state index contributed by atoms with van der Waals surface area (Å²) in [6, 6.07) is 9.06. The Labute approximate surface area is 207 Å². The van der Waals surface area contributed by atoms with Crippen molar-refractivity contribution in [2.75, 3.05) is 12.3 Å². The average molecular weight is 499 g/mol. The van der Waals surface area contributed by atoms with Gasteiger partial charge in [0.15, 0.2) is 11.0 Å². The first-order valence-electron chi connectivity index (χ1n) is 12.1. The Bertz CT molecular complexity index is 1090. The number of thioether (sulfide) groups is 1. The highest BCUT2D eigenvalue weighted by molar-refractivity contribution is 7.99. The second kappa shape index (κ2) is 9.19. The number of thiophene rings is 2. The number of rotatable bonds is 7. The normalized spacial score (nSPS) is 27.5. The van der Waals surface area contributed by atoms with Gasteiger partial charge in [-0.1, -0.05) is 30.3 Å². The van der Waals surface area contributed by atoms with E-state index >= 15 is 0 Å². The Balaban J connectivity index is 1.23. The second-order valence-electron chi connectivity index (χ2n) is 9.78. The SMILES string of the molecule is CC(C1CC2CCC1C2)n1c(SCC(=O)N2CCCC2c2cccs2)nnc1-c1cccs1. The lowest BCUT2D eigenvalue weighted by Gasteiger charge is -2.30. The summed E-state index contributed by atoms with van der Waals surface area (Å²) < 4.78 is 2.36. The lowest BCUT2D eigenvalue weighted by atomic mass is 9.84. The minimum Gasteiger partial charge on any atom is -0.334 e. The molecule has 5 unspecified atom stereocenters. The molecule has 3 aromatic heterocycles. The Morgan fingerprint density at radius 2 is 2.03 bits per heavy atom. The zero-order valence-electron chi connectivity index (χ0n) is 18.9. The van der Waals surface area contributed by atoms with E-state index in [0.29, 0.717) is 17.7 Å². The quantitative estimate of drug-likeness (QED) is 0.348. The van der Waals surface area contributed by atoms with Gasteiger partial charge >= 0.3 is 0 Å². The zero-order valence-corrected chi connectivity index (χ0v) is 21.4. The summed E-state index contributed by atoms with van der Waals surface area (Å²) in [5.41, 5.74) is 0. The van der Waals surface area contributed by atoms with Crippen molar-refractivity contribution in [3.63, 3.8) is 0 Å². The number of carbonyl (C=O) groups is 1. The minimum absolute atomic E-state index is 0.218. The van der Waals surface area contributed by atoms with Gasteiger partial charge in [-0.3, -0.25) is 9.36 Å². The van der Waals surface area contributed by atoms with E-state index in [1.807, 2.05) is 0 Å². The fourth-order valence-electron chi connectivity index (χ4n) is 6.44. The van der Waals surface area contributed by atoms with Gasteiger partial charge in [0.2, 0.25) is 5.91 Å². The molecule has 1 saturated heterocycles. The second-order valence-corrected chi connectivity index (χ2v) is 12.7. The van der Waals surface area contributed by atoms with Crippen molar-refractivity contribution >= 4 is 40.3 Å². The Morgan fingerprint density at radius 3 is 2.76 bits per heavy atom. The Kier molecular flexibility index (Phi) is 6.09. The summed E-state index contributed by atoms with van der Waals surface area (Å²) >= 11 is 5.05. The number of amides is 1. The van der Waals surface area contributed by atoms with Gasteiger partial charge < -0.3 is 4.90 Å². The number of aromatic nitrogens is 3. The number of nitrogens with zero attached hydrogens (tertiary/aromatic N) is 4. The third-order valence-electron chi connectivity index (χ3n) is 8.00. The fourth-order valence-corrected chi connectivity index (χ4v) is 8.93. The predicted molar refractivity (Wildman–Crippen MR) is 136 cm³/mol. The van der Waals surface area contributed by atoms with Crippen LogP contribution in [-0.4, -0.2) is 37.9 Å². The largest absolute Gasteiger partial charge is 0.334 e.